The van der Waals surface area contributed by atoms with Gasteiger partial charge in [0.1, 0.15) is 11.7 Å². The number of alkyl halides is 2. The first kappa shape index (κ1) is 18.7. The lowest BCUT2D eigenvalue weighted by Gasteiger charge is -2.33. The zero-order valence-electron chi connectivity index (χ0n) is 13.9. The topological polar surface area (TPSA) is 51.7 Å². The van der Waals surface area contributed by atoms with E-state index in [-0.39, 0.29) is 28.7 Å². The quantitative estimate of drug-likeness (QED) is 0.797. The molecule has 0 saturated carbocycles. The number of carbonyl (C=O) groups is 1. The minimum absolute atomic E-state index is 0.0860. The van der Waals surface area contributed by atoms with E-state index >= 15 is 0 Å². The Morgan fingerprint density at radius 2 is 2.00 bits per heavy atom. The van der Waals surface area contributed by atoms with E-state index in [9.17, 15) is 13.6 Å². The molecular weight excluding hydrogens is 342 g/mol. The molecule has 0 atom stereocenters. The highest BCUT2D eigenvalue weighted by atomic mass is 35.5. The van der Waals surface area contributed by atoms with Crippen LogP contribution in [0.2, 0.25) is 5.02 Å². The lowest BCUT2D eigenvalue weighted by molar-refractivity contribution is 0.0122. The van der Waals surface area contributed by atoms with E-state index in [2.05, 4.69) is 4.98 Å². The van der Waals surface area contributed by atoms with E-state index in [0.29, 0.717) is 25.9 Å². The Morgan fingerprint density at radius 3 is 2.54 bits per heavy atom. The third-order valence-corrected chi connectivity index (χ3v) is 3.79. The van der Waals surface area contributed by atoms with Gasteiger partial charge in [-0.1, -0.05) is 11.6 Å². The van der Waals surface area contributed by atoms with Gasteiger partial charge in [0.25, 0.3) is 6.43 Å². The molecule has 0 aliphatic carbocycles. The van der Waals surface area contributed by atoms with Crippen LogP contribution in [0.5, 0.6) is 5.88 Å². The molecule has 1 amide bonds. The molecule has 0 aromatic carbocycles. The Bertz CT molecular complexity index is 585. The molecule has 0 N–H and O–H groups in total. The van der Waals surface area contributed by atoms with Gasteiger partial charge >= 0.3 is 6.09 Å². The van der Waals surface area contributed by atoms with Crippen LogP contribution in [-0.4, -0.2) is 40.8 Å². The molecule has 8 heteroatoms. The van der Waals surface area contributed by atoms with Crippen LogP contribution in [0.4, 0.5) is 13.6 Å². The summed E-state index contributed by atoms with van der Waals surface area (Å²) in [4.78, 5) is 17.5. The first-order valence-electron chi connectivity index (χ1n) is 7.74. The van der Waals surface area contributed by atoms with Crippen molar-refractivity contribution in [2.24, 2.45) is 0 Å². The molecule has 0 unspecified atom stereocenters. The van der Waals surface area contributed by atoms with Gasteiger partial charge in [-0.3, -0.25) is 0 Å². The molecule has 1 aliphatic rings. The van der Waals surface area contributed by atoms with Gasteiger partial charge in [0.15, 0.2) is 0 Å². The van der Waals surface area contributed by atoms with Crippen LogP contribution in [0.1, 0.15) is 45.6 Å². The number of aromatic nitrogens is 1. The summed E-state index contributed by atoms with van der Waals surface area (Å²) in [6.07, 6.45) is -0.916. The highest BCUT2D eigenvalue weighted by Gasteiger charge is 2.28. The van der Waals surface area contributed by atoms with Crippen molar-refractivity contribution in [3.63, 3.8) is 0 Å². The summed E-state index contributed by atoms with van der Waals surface area (Å²) in [6.45, 7) is 6.40. The van der Waals surface area contributed by atoms with Crippen LogP contribution >= 0.6 is 11.6 Å². The Labute approximate surface area is 144 Å². The number of piperidine rings is 1. The highest BCUT2D eigenvalue weighted by molar-refractivity contribution is 6.31. The molecule has 134 valence electrons. The van der Waals surface area contributed by atoms with Gasteiger partial charge in [-0.15, -0.1) is 0 Å². The molecule has 5 nitrogen and oxygen atoms in total. The molecule has 0 spiro atoms. The van der Waals surface area contributed by atoms with Gasteiger partial charge < -0.3 is 14.4 Å². The Hall–Kier alpha value is -1.63. The van der Waals surface area contributed by atoms with E-state index in [1.165, 1.54) is 0 Å². The van der Waals surface area contributed by atoms with Crippen molar-refractivity contribution in [2.45, 2.75) is 51.7 Å². The lowest BCUT2D eigenvalue weighted by Crippen LogP contribution is -2.44. The minimum atomic E-state index is -2.68. The maximum Gasteiger partial charge on any atom is 0.410 e. The first-order chi connectivity index (χ1) is 11.2. The van der Waals surface area contributed by atoms with Crippen molar-refractivity contribution in [3.05, 3.63) is 22.8 Å². The van der Waals surface area contributed by atoms with E-state index in [0.717, 1.165) is 12.3 Å². The monoisotopic (exact) mass is 362 g/mol. The third kappa shape index (κ3) is 5.19. The molecule has 24 heavy (non-hydrogen) atoms. The van der Waals surface area contributed by atoms with Gasteiger partial charge in [0.05, 0.1) is 5.02 Å². The summed E-state index contributed by atoms with van der Waals surface area (Å²) in [7, 11) is 0. The molecule has 1 fully saturated rings. The molecule has 1 aromatic heterocycles. The SMILES string of the molecule is CC(C)(C)OC(=O)N1CCC(Oc2cc(C(F)F)c(Cl)cn2)CC1. The highest BCUT2D eigenvalue weighted by Crippen LogP contribution is 2.29. The van der Waals surface area contributed by atoms with Crippen molar-refractivity contribution in [3.8, 4) is 5.88 Å². The predicted octanol–water partition coefficient (Wildman–Crippen LogP) is 4.45. The van der Waals surface area contributed by atoms with E-state index in [1.54, 1.807) is 4.90 Å². The normalized spacial score (nSPS) is 16.4. The second kappa shape index (κ2) is 7.51. The fraction of sp³-hybridized carbons (Fsp3) is 0.625. The van der Waals surface area contributed by atoms with Gasteiger partial charge in [-0.05, 0) is 20.8 Å². The molecule has 0 bridgehead atoms. The average Bonchev–Trinajstić information content (AvgIpc) is 2.48. The number of carbonyl (C=O) groups excluding carboxylic acids is 1. The van der Waals surface area contributed by atoms with Crippen LogP contribution in [0.3, 0.4) is 0 Å². The summed E-state index contributed by atoms with van der Waals surface area (Å²) >= 11 is 5.68. The number of pyridine rings is 1. The summed E-state index contributed by atoms with van der Waals surface area (Å²) in [5.41, 5.74) is -0.837. The Morgan fingerprint density at radius 1 is 1.38 bits per heavy atom. The van der Waals surface area contributed by atoms with Crippen molar-refractivity contribution in [1.29, 1.82) is 0 Å². The molecule has 0 radical (unpaired) electrons. The summed E-state index contributed by atoms with van der Waals surface area (Å²) < 4.78 is 36.6. The number of likely N-dealkylation sites (tertiary alicyclic amines) is 1. The first-order valence-corrected chi connectivity index (χ1v) is 8.11. The van der Waals surface area contributed by atoms with E-state index in [4.69, 9.17) is 21.1 Å². The van der Waals surface area contributed by atoms with Gasteiger partial charge in [-0.2, -0.15) is 0 Å². The number of rotatable bonds is 3. The second-order valence-corrected chi connectivity index (χ2v) is 7.04. The van der Waals surface area contributed by atoms with Crippen LogP contribution in [0.15, 0.2) is 12.3 Å². The molecular formula is C16H21ClF2N2O3. The van der Waals surface area contributed by atoms with E-state index in [1.807, 2.05) is 20.8 Å². The third-order valence-electron chi connectivity index (χ3n) is 3.48. The Balaban J connectivity index is 1.89. The van der Waals surface area contributed by atoms with Gasteiger partial charge in [0.2, 0.25) is 5.88 Å². The maximum atomic E-state index is 12.8. The predicted molar refractivity (Wildman–Crippen MR) is 85.7 cm³/mol. The fourth-order valence-corrected chi connectivity index (χ4v) is 2.51. The number of nitrogens with zero attached hydrogens (tertiary/aromatic N) is 2. The van der Waals surface area contributed by atoms with Gasteiger partial charge in [0, 0.05) is 43.8 Å². The van der Waals surface area contributed by atoms with Crippen molar-refractivity contribution >= 4 is 17.7 Å². The number of halogens is 3. The molecule has 1 aliphatic heterocycles. The molecule has 1 saturated heterocycles. The van der Waals surface area contributed by atoms with Crippen molar-refractivity contribution in [1.82, 2.24) is 9.88 Å². The molecule has 2 rings (SSSR count). The summed E-state index contributed by atoms with van der Waals surface area (Å²) in [5.74, 6) is 0.116. The minimum Gasteiger partial charge on any atom is -0.474 e. The molecule has 2 heterocycles. The van der Waals surface area contributed by atoms with Crippen molar-refractivity contribution in [2.75, 3.05) is 13.1 Å². The summed E-state index contributed by atoms with van der Waals surface area (Å²) in [6, 6.07) is 1.16. The summed E-state index contributed by atoms with van der Waals surface area (Å²) in [5, 5.41) is -0.0860. The van der Waals surface area contributed by atoms with Crippen molar-refractivity contribution < 1.29 is 23.0 Å². The smallest absolute Gasteiger partial charge is 0.410 e. The number of ether oxygens (including phenoxy) is 2. The lowest BCUT2D eigenvalue weighted by atomic mass is 10.1. The average molecular weight is 363 g/mol. The number of hydrogen-bond donors (Lipinski definition) is 0. The fourth-order valence-electron chi connectivity index (χ4n) is 2.32. The zero-order chi connectivity index (χ0) is 17.9. The van der Waals surface area contributed by atoms with Crippen LogP contribution in [-0.2, 0) is 4.74 Å². The largest absolute Gasteiger partial charge is 0.474 e. The van der Waals surface area contributed by atoms with Crippen LogP contribution in [0.25, 0.3) is 0 Å². The van der Waals surface area contributed by atoms with Crippen LogP contribution < -0.4 is 4.74 Å². The van der Waals surface area contributed by atoms with E-state index < -0.39 is 12.0 Å². The zero-order valence-corrected chi connectivity index (χ0v) is 14.6. The van der Waals surface area contributed by atoms with Gasteiger partial charge in [-0.25, -0.2) is 18.6 Å². The standard InChI is InChI=1S/C16H21ClF2N2O3/c1-16(2,3)24-15(22)21-6-4-10(5-7-21)23-13-8-11(14(18)19)12(17)9-20-13/h8-10,14H,4-7H2,1-3H3. The Kier molecular flexibility index (Phi) is 5.85. The van der Waals surface area contributed by atoms with Crippen LogP contribution in [0, 0.1) is 0 Å². The number of amides is 1. The molecule has 1 aromatic rings. The maximum absolute atomic E-state index is 12.8. The second-order valence-electron chi connectivity index (χ2n) is 6.63. The number of hydrogen-bond acceptors (Lipinski definition) is 4.